The number of nitrogens with one attached hydrogen (secondary N) is 2. The van der Waals surface area contributed by atoms with Gasteiger partial charge < -0.3 is 16.4 Å². The number of nitrogens with two attached hydrogens (primary N) is 1. The number of aryl methyl sites for hydroxylation is 1. The van der Waals surface area contributed by atoms with Gasteiger partial charge in [-0.05, 0) is 36.8 Å². The number of anilines is 4. The minimum atomic E-state index is -0.0982. The lowest BCUT2D eigenvalue weighted by Crippen LogP contribution is -2.06. The Hall–Kier alpha value is -2.56. The monoisotopic (exact) mass is 256 g/mol. The minimum absolute atomic E-state index is 0.0982. The molecule has 0 saturated carbocycles. The molecule has 0 radical (unpaired) electrons. The minimum Gasteiger partial charge on any atom is -0.397 e. The lowest BCUT2D eigenvalue weighted by molar-refractivity contribution is -0.114. The topological polar surface area (TPSA) is 80.0 Å². The summed E-state index contributed by atoms with van der Waals surface area (Å²) in [7, 11) is 0. The van der Waals surface area contributed by atoms with E-state index in [0.717, 1.165) is 22.8 Å². The number of hydrogen-bond donors (Lipinski definition) is 3. The van der Waals surface area contributed by atoms with E-state index in [1.165, 1.54) is 6.92 Å². The highest BCUT2D eigenvalue weighted by molar-refractivity contribution is 5.89. The molecule has 0 bridgehead atoms. The maximum Gasteiger partial charge on any atom is 0.221 e. The number of nitrogen functional groups attached to an aromatic ring is 1. The molecular weight excluding hydrogens is 240 g/mol. The van der Waals surface area contributed by atoms with Crippen LogP contribution in [0.5, 0.6) is 0 Å². The first-order valence-corrected chi connectivity index (χ1v) is 5.91. The van der Waals surface area contributed by atoms with E-state index in [4.69, 9.17) is 5.73 Å². The lowest BCUT2D eigenvalue weighted by atomic mass is 10.2. The highest BCUT2D eigenvalue weighted by Crippen LogP contribution is 2.22. The van der Waals surface area contributed by atoms with Gasteiger partial charge in [-0.1, -0.05) is 6.07 Å². The van der Waals surface area contributed by atoms with Crippen molar-refractivity contribution in [3.8, 4) is 0 Å². The highest BCUT2D eigenvalue weighted by Gasteiger charge is 2.02. The highest BCUT2D eigenvalue weighted by atomic mass is 16.1. The Balaban J connectivity index is 2.21. The van der Waals surface area contributed by atoms with Crippen LogP contribution in [0.2, 0.25) is 0 Å². The van der Waals surface area contributed by atoms with Gasteiger partial charge in [-0.3, -0.25) is 4.79 Å². The van der Waals surface area contributed by atoms with Crippen LogP contribution >= 0.6 is 0 Å². The van der Waals surface area contributed by atoms with E-state index < -0.39 is 0 Å². The van der Waals surface area contributed by atoms with Crippen molar-refractivity contribution < 1.29 is 4.79 Å². The summed E-state index contributed by atoms with van der Waals surface area (Å²) in [6.07, 6.45) is 1.60. The molecule has 0 aliphatic heterocycles. The van der Waals surface area contributed by atoms with E-state index in [-0.39, 0.29) is 5.91 Å². The molecule has 19 heavy (non-hydrogen) atoms. The third kappa shape index (κ3) is 3.45. The molecule has 4 N–H and O–H groups in total. The van der Waals surface area contributed by atoms with E-state index in [2.05, 4.69) is 15.6 Å². The fourth-order valence-corrected chi connectivity index (χ4v) is 1.74. The maximum atomic E-state index is 11.0. The predicted molar refractivity (Wildman–Crippen MR) is 77.4 cm³/mol. The van der Waals surface area contributed by atoms with Crippen LogP contribution in [0.25, 0.3) is 0 Å². The van der Waals surface area contributed by atoms with Gasteiger partial charge in [0.1, 0.15) is 5.82 Å². The van der Waals surface area contributed by atoms with Gasteiger partial charge in [0.15, 0.2) is 0 Å². The van der Waals surface area contributed by atoms with Crippen molar-refractivity contribution in [2.24, 2.45) is 0 Å². The van der Waals surface area contributed by atoms with Gasteiger partial charge in [-0.15, -0.1) is 0 Å². The zero-order valence-corrected chi connectivity index (χ0v) is 10.9. The van der Waals surface area contributed by atoms with Crippen molar-refractivity contribution in [1.29, 1.82) is 0 Å². The van der Waals surface area contributed by atoms with Gasteiger partial charge >= 0.3 is 0 Å². The molecule has 0 aliphatic rings. The van der Waals surface area contributed by atoms with Crippen molar-refractivity contribution >= 4 is 28.8 Å². The Labute approximate surface area is 111 Å². The molecule has 5 heteroatoms. The van der Waals surface area contributed by atoms with Crippen LogP contribution in [-0.4, -0.2) is 10.9 Å². The molecule has 0 aliphatic carbocycles. The van der Waals surface area contributed by atoms with Crippen molar-refractivity contribution in [2.45, 2.75) is 13.8 Å². The predicted octanol–water partition coefficient (Wildman–Crippen LogP) is 2.67. The van der Waals surface area contributed by atoms with Crippen molar-refractivity contribution in [3.05, 3.63) is 42.1 Å². The normalized spacial score (nSPS) is 10.0. The SMILES string of the molecule is CC(=O)Nc1cccc(Nc2ncc(N)cc2C)c1. The molecule has 0 spiro atoms. The molecule has 5 nitrogen and oxygen atoms in total. The van der Waals surface area contributed by atoms with Gasteiger partial charge in [0, 0.05) is 18.3 Å². The summed E-state index contributed by atoms with van der Waals surface area (Å²) in [5.41, 5.74) is 8.85. The first-order valence-electron chi connectivity index (χ1n) is 5.91. The van der Waals surface area contributed by atoms with Crippen LogP contribution < -0.4 is 16.4 Å². The van der Waals surface area contributed by atoms with Crippen LogP contribution in [0, 0.1) is 6.92 Å². The average Bonchev–Trinajstić information content (AvgIpc) is 2.32. The Morgan fingerprint density at radius 3 is 2.68 bits per heavy atom. The Kier molecular flexibility index (Phi) is 3.66. The van der Waals surface area contributed by atoms with Gasteiger partial charge in [0.05, 0.1) is 11.9 Å². The molecule has 1 aromatic carbocycles. The van der Waals surface area contributed by atoms with Crippen LogP contribution in [0.15, 0.2) is 36.5 Å². The smallest absolute Gasteiger partial charge is 0.221 e. The third-order valence-corrected chi connectivity index (χ3v) is 2.55. The Morgan fingerprint density at radius 2 is 2.00 bits per heavy atom. The van der Waals surface area contributed by atoms with E-state index in [9.17, 15) is 4.79 Å². The first kappa shape index (κ1) is 12.9. The third-order valence-electron chi connectivity index (χ3n) is 2.55. The van der Waals surface area contributed by atoms with Gasteiger partial charge in [-0.25, -0.2) is 4.98 Å². The number of carbonyl (C=O) groups excluding carboxylic acids is 1. The number of aromatic nitrogens is 1. The molecule has 0 saturated heterocycles. The van der Waals surface area contributed by atoms with E-state index in [1.54, 1.807) is 6.20 Å². The Morgan fingerprint density at radius 1 is 1.26 bits per heavy atom. The fraction of sp³-hybridized carbons (Fsp3) is 0.143. The number of amides is 1. The standard InChI is InChI=1S/C14H16N4O/c1-9-6-11(15)8-16-14(9)18-13-5-3-4-12(7-13)17-10(2)19/h3-8H,15H2,1-2H3,(H,16,18)(H,17,19). The molecular formula is C14H16N4O. The Bertz CT molecular complexity index is 610. The largest absolute Gasteiger partial charge is 0.397 e. The summed E-state index contributed by atoms with van der Waals surface area (Å²) in [6, 6.07) is 9.30. The second-order valence-corrected chi connectivity index (χ2v) is 4.32. The molecule has 0 fully saturated rings. The number of benzene rings is 1. The summed E-state index contributed by atoms with van der Waals surface area (Å²) >= 11 is 0. The maximum absolute atomic E-state index is 11.0. The molecule has 1 heterocycles. The van der Waals surface area contributed by atoms with Crippen molar-refractivity contribution in [3.63, 3.8) is 0 Å². The van der Waals surface area contributed by atoms with Gasteiger partial charge in [0.2, 0.25) is 5.91 Å². The number of pyridine rings is 1. The molecule has 1 aromatic heterocycles. The zero-order valence-electron chi connectivity index (χ0n) is 10.9. The second kappa shape index (κ2) is 5.39. The van der Waals surface area contributed by atoms with Crippen LogP contribution in [0.4, 0.5) is 22.9 Å². The van der Waals surface area contributed by atoms with E-state index >= 15 is 0 Å². The summed E-state index contributed by atoms with van der Waals surface area (Å²) in [5, 5.41) is 5.93. The summed E-state index contributed by atoms with van der Waals surface area (Å²) in [4.78, 5) is 15.3. The molecule has 0 unspecified atom stereocenters. The van der Waals surface area contributed by atoms with E-state index in [0.29, 0.717) is 5.69 Å². The van der Waals surface area contributed by atoms with Crippen molar-refractivity contribution in [2.75, 3.05) is 16.4 Å². The van der Waals surface area contributed by atoms with Gasteiger partial charge in [-0.2, -0.15) is 0 Å². The summed E-state index contributed by atoms with van der Waals surface area (Å²) in [5.74, 6) is 0.646. The number of nitrogens with zero attached hydrogens (tertiary/aromatic N) is 1. The second-order valence-electron chi connectivity index (χ2n) is 4.32. The zero-order chi connectivity index (χ0) is 13.8. The first-order chi connectivity index (χ1) is 9.04. The number of hydrogen-bond acceptors (Lipinski definition) is 4. The van der Waals surface area contributed by atoms with Crippen LogP contribution in [0.3, 0.4) is 0 Å². The van der Waals surface area contributed by atoms with Crippen LogP contribution in [0.1, 0.15) is 12.5 Å². The molecule has 2 aromatic rings. The summed E-state index contributed by atoms with van der Waals surface area (Å²) in [6.45, 7) is 3.41. The van der Waals surface area contributed by atoms with Gasteiger partial charge in [0.25, 0.3) is 0 Å². The average molecular weight is 256 g/mol. The number of rotatable bonds is 3. The molecule has 98 valence electrons. The summed E-state index contributed by atoms with van der Waals surface area (Å²) < 4.78 is 0. The van der Waals surface area contributed by atoms with E-state index in [1.807, 2.05) is 37.3 Å². The van der Waals surface area contributed by atoms with Crippen LogP contribution in [-0.2, 0) is 4.79 Å². The molecule has 1 amide bonds. The fourth-order valence-electron chi connectivity index (χ4n) is 1.74. The van der Waals surface area contributed by atoms with Crippen molar-refractivity contribution in [1.82, 2.24) is 4.98 Å². The molecule has 0 atom stereocenters. The molecule has 2 rings (SSSR count). The number of carbonyl (C=O) groups is 1. The lowest BCUT2D eigenvalue weighted by Gasteiger charge is -2.10. The quantitative estimate of drug-likeness (QED) is 0.788.